The fraction of sp³-hybridized carbons (Fsp3) is 0.200. The Labute approximate surface area is 92.5 Å². The molecule has 0 aliphatic heterocycles. The highest BCUT2D eigenvalue weighted by molar-refractivity contribution is 8.22. The monoisotopic (exact) mass is 223 g/mol. The molecule has 0 bridgehead atoms. The van der Waals surface area contributed by atoms with E-state index in [0.29, 0.717) is 0 Å². The molecule has 0 amide bonds. The molecule has 0 atom stereocenters. The van der Waals surface area contributed by atoms with Crippen molar-refractivity contribution in [2.75, 3.05) is 6.26 Å². The lowest BCUT2D eigenvalue weighted by atomic mass is 10.3. The number of hydrogen-bond donors (Lipinski definition) is 0. The molecule has 2 aromatic rings. The number of hydrogen-bond acceptors (Lipinski definition) is 2. The van der Waals surface area contributed by atoms with Crippen molar-refractivity contribution in [2.24, 2.45) is 7.05 Å². The van der Waals surface area contributed by atoms with Gasteiger partial charge in [0.25, 0.3) is 6.33 Å². The topological polar surface area (TPSA) is 8.81 Å². The van der Waals surface area contributed by atoms with Gasteiger partial charge in [0.2, 0.25) is 4.32 Å². The predicted molar refractivity (Wildman–Crippen MR) is 64.6 cm³/mol. The van der Waals surface area contributed by atoms with Gasteiger partial charge in [-0.15, -0.1) is 0 Å². The van der Waals surface area contributed by atoms with E-state index in [9.17, 15) is 0 Å². The zero-order chi connectivity index (χ0) is 10.1. The van der Waals surface area contributed by atoms with Gasteiger partial charge in [-0.3, -0.25) is 0 Å². The van der Waals surface area contributed by atoms with E-state index in [1.54, 1.807) is 11.8 Å². The summed E-state index contributed by atoms with van der Waals surface area (Å²) in [6.07, 6.45) is 4.01. The molecule has 0 saturated carbocycles. The minimum atomic E-state index is 0.877. The lowest BCUT2D eigenvalue weighted by Crippen LogP contribution is -2.25. The number of nitrogens with zero attached hydrogens (tertiary/aromatic N) is 2. The number of imidazole rings is 1. The minimum Gasteiger partial charge on any atom is -0.232 e. The number of aromatic nitrogens is 2. The van der Waals surface area contributed by atoms with Gasteiger partial charge in [-0.25, -0.2) is 4.57 Å². The number of rotatable bonds is 0. The quantitative estimate of drug-likeness (QED) is 0.498. The highest BCUT2D eigenvalue weighted by Crippen LogP contribution is 2.13. The van der Waals surface area contributed by atoms with Crippen LogP contribution in [0.15, 0.2) is 30.6 Å². The first-order valence-electron chi connectivity index (χ1n) is 4.28. The molecule has 1 aromatic carbocycles. The average molecular weight is 223 g/mol. The summed E-state index contributed by atoms with van der Waals surface area (Å²) in [5.74, 6) is 0. The van der Waals surface area contributed by atoms with Crippen LogP contribution in [-0.4, -0.2) is 15.1 Å². The molecule has 1 aromatic heterocycles. The van der Waals surface area contributed by atoms with E-state index in [0.717, 1.165) is 9.84 Å². The van der Waals surface area contributed by atoms with Gasteiger partial charge >= 0.3 is 0 Å². The number of aryl methyl sites for hydroxylation is 1. The molecule has 0 aliphatic rings. The van der Waals surface area contributed by atoms with Crippen LogP contribution in [0.25, 0.3) is 11.0 Å². The summed E-state index contributed by atoms with van der Waals surface area (Å²) in [5, 5.41) is 0. The molecule has 2 rings (SSSR count). The van der Waals surface area contributed by atoms with E-state index in [2.05, 4.69) is 16.7 Å². The maximum absolute atomic E-state index is 5.28. The highest BCUT2D eigenvalue weighted by atomic mass is 32.2. The summed E-state index contributed by atoms with van der Waals surface area (Å²) >= 11 is 6.86. The van der Waals surface area contributed by atoms with Crippen molar-refractivity contribution in [3.63, 3.8) is 0 Å². The Morgan fingerprint density at radius 2 is 2.14 bits per heavy atom. The number of thiocarbonyl (C=S) groups is 1. The van der Waals surface area contributed by atoms with E-state index in [4.69, 9.17) is 12.2 Å². The summed E-state index contributed by atoms with van der Waals surface area (Å²) in [7, 11) is 2.03. The maximum Gasteiger partial charge on any atom is 0.250 e. The van der Waals surface area contributed by atoms with Gasteiger partial charge in [0.1, 0.15) is 0 Å². The molecule has 0 fully saturated rings. The van der Waals surface area contributed by atoms with Crippen LogP contribution in [0.5, 0.6) is 0 Å². The number of thioether (sulfide) groups is 1. The molecule has 4 heteroatoms. The zero-order valence-corrected chi connectivity index (χ0v) is 9.73. The Balaban J connectivity index is 2.72. The maximum atomic E-state index is 5.28. The molecule has 0 aliphatic carbocycles. The Bertz CT molecular complexity index is 488. The third-order valence-corrected chi connectivity index (χ3v) is 3.42. The fourth-order valence-electron chi connectivity index (χ4n) is 1.51. The Hall–Kier alpha value is -0.870. The van der Waals surface area contributed by atoms with Crippen LogP contribution in [0.1, 0.15) is 0 Å². The predicted octanol–water partition coefficient (Wildman–Crippen LogP) is 1.96. The van der Waals surface area contributed by atoms with E-state index in [1.165, 1.54) is 5.52 Å². The lowest BCUT2D eigenvalue weighted by molar-refractivity contribution is -0.645. The second-order valence-corrected chi connectivity index (χ2v) is 4.50. The molecule has 1 heterocycles. The number of fused-ring (bicyclic) bond motifs is 1. The Morgan fingerprint density at radius 1 is 1.43 bits per heavy atom. The van der Waals surface area contributed by atoms with E-state index < -0.39 is 0 Å². The van der Waals surface area contributed by atoms with Crippen molar-refractivity contribution in [1.82, 2.24) is 4.57 Å². The van der Waals surface area contributed by atoms with Crippen LogP contribution in [0.2, 0.25) is 0 Å². The molecule has 72 valence electrons. The van der Waals surface area contributed by atoms with Crippen molar-refractivity contribution in [3.05, 3.63) is 30.6 Å². The molecule has 0 N–H and O–H groups in total. The Morgan fingerprint density at radius 3 is 2.86 bits per heavy atom. The van der Waals surface area contributed by atoms with Crippen molar-refractivity contribution in [2.45, 2.75) is 0 Å². The highest BCUT2D eigenvalue weighted by Gasteiger charge is 2.15. The SMILES string of the molecule is CSC(=S)n1c[n+](C)c2ccccc21. The van der Waals surface area contributed by atoms with Gasteiger partial charge in [0.15, 0.2) is 11.0 Å². The van der Waals surface area contributed by atoms with Crippen molar-refractivity contribution < 1.29 is 4.57 Å². The normalized spacial score (nSPS) is 10.7. The smallest absolute Gasteiger partial charge is 0.232 e. The zero-order valence-electron chi connectivity index (χ0n) is 8.10. The second kappa shape index (κ2) is 3.71. The molecule has 2 nitrogen and oxygen atoms in total. The minimum absolute atomic E-state index is 0.877. The third kappa shape index (κ3) is 1.44. The summed E-state index contributed by atoms with van der Waals surface area (Å²) in [4.78, 5) is 0. The average Bonchev–Trinajstić information content (AvgIpc) is 2.56. The molecule has 0 saturated heterocycles. The first-order chi connectivity index (χ1) is 6.74. The van der Waals surface area contributed by atoms with Gasteiger partial charge in [0.05, 0.1) is 7.05 Å². The molecule has 0 spiro atoms. The van der Waals surface area contributed by atoms with Gasteiger partial charge in [0, 0.05) is 0 Å². The van der Waals surface area contributed by atoms with Crippen LogP contribution in [0.3, 0.4) is 0 Å². The van der Waals surface area contributed by atoms with E-state index in [1.807, 2.05) is 36.3 Å². The molecular formula is C10H11N2S2+. The largest absolute Gasteiger partial charge is 0.250 e. The van der Waals surface area contributed by atoms with Gasteiger partial charge < -0.3 is 0 Å². The second-order valence-electron chi connectivity index (χ2n) is 3.06. The first kappa shape index (κ1) is 9.68. The van der Waals surface area contributed by atoms with Crippen LogP contribution in [0.4, 0.5) is 0 Å². The lowest BCUT2D eigenvalue weighted by Gasteiger charge is -1.92. The molecule has 14 heavy (non-hydrogen) atoms. The fourth-order valence-corrected chi connectivity index (χ4v) is 2.00. The number of benzene rings is 1. The van der Waals surface area contributed by atoms with Crippen molar-refractivity contribution in [3.8, 4) is 0 Å². The van der Waals surface area contributed by atoms with E-state index in [-0.39, 0.29) is 0 Å². The van der Waals surface area contributed by atoms with Crippen LogP contribution in [0, 0.1) is 0 Å². The van der Waals surface area contributed by atoms with Crippen LogP contribution in [-0.2, 0) is 7.05 Å². The summed E-state index contributed by atoms with van der Waals surface area (Å²) in [5.41, 5.74) is 2.36. The summed E-state index contributed by atoms with van der Waals surface area (Å²) < 4.78 is 4.99. The van der Waals surface area contributed by atoms with Crippen molar-refractivity contribution in [1.29, 1.82) is 0 Å². The van der Waals surface area contributed by atoms with Gasteiger partial charge in [-0.05, 0) is 30.6 Å². The molecular weight excluding hydrogens is 212 g/mol. The number of para-hydroxylation sites is 2. The van der Waals surface area contributed by atoms with Crippen molar-refractivity contribution >= 4 is 39.3 Å². The van der Waals surface area contributed by atoms with Crippen LogP contribution >= 0.6 is 24.0 Å². The first-order valence-corrected chi connectivity index (χ1v) is 5.91. The molecule has 0 unspecified atom stereocenters. The standard InChI is InChI=1S/C10H11N2S2/c1-11-7-12(10(13)14-2)9-6-4-3-5-8(9)11/h3-7H,1-2H3/q+1. The third-order valence-electron chi connectivity index (χ3n) is 2.18. The van der Waals surface area contributed by atoms with Crippen LogP contribution < -0.4 is 4.57 Å². The van der Waals surface area contributed by atoms with Gasteiger partial charge in [-0.1, -0.05) is 23.9 Å². The van der Waals surface area contributed by atoms with Gasteiger partial charge in [-0.2, -0.15) is 4.57 Å². The Kier molecular flexibility index (Phi) is 2.56. The molecule has 0 radical (unpaired) electrons. The van der Waals surface area contributed by atoms with E-state index >= 15 is 0 Å². The summed E-state index contributed by atoms with van der Waals surface area (Å²) in [6.45, 7) is 0. The summed E-state index contributed by atoms with van der Waals surface area (Å²) in [6, 6.07) is 8.24.